The molecule has 1 rings (SSSR count). The molecule has 2 amide bonds. The van der Waals surface area contributed by atoms with Crippen molar-refractivity contribution in [2.45, 2.75) is 32.9 Å². The molecule has 4 nitrogen and oxygen atoms in total. The zero-order valence-corrected chi connectivity index (χ0v) is 10.7. The molecule has 0 spiro atoms. The molecule has 94 valence electrons. The van der Waals surface area contributed by atoms with E-state index in [1.807, 2.05) is 31.2 Å². The summed E-state index contributed by atoms with van der Waals surface area (Å²) < 4.78 is 0. The van der Waals surface area contributed by atoms with Crippen molar-refractivity contribution >= 4 is 11.7 Å². The Labute approximate surface area is 103 Å². The second-order valence-corrected chi connectivity index (χ2v) is 4.20. The van der Waals surface area contributed by atoms with Gasteiger partial charge in [0, 0.05) is 25.3 Å². The molecule has 1 aromatic rings. The Morgan fingerprint density at radius 3 is 2.47 bits per heavy atom. The maximum atomic E-state index is 11.9. The lowest BCUT2D eigenvalue weighted by molar-refractivity contribution is 0.206. The summed E-state index contributed by atoms with van der Waals surface area (Å²) in [5.41, 5.74) is 7.36. The van der Waals surface area contributed by atoms with E-state index in [1.165, 1.54) is 0 Å². The van der Waals surface area contributed by atoms with Gasteiger partial charge in [0.2, 0.25) is 0 Å². The summed E-state index contributed by atoms with van der Waals surface area (Å²) >= 11 is 0. The molecule has 0 fully saturated rings. The molecule has 0 aliphatic carbocycles. The highest BCUT2D eigenvalue weighted by Gasteiger charge is 2.13. The molecule has 0 saturated heterocycles. The van der Waals surface area contributed by atoms with Crippen LogP contribution in [0.3, 0.4) is 0 Å². The van der Waals surface area contributed by atoms with Gasteiger partial charge in [0.1, 0.15) is 0 Å². The van der Waals surface area contributed by atoms with E-state index in [-0.39, 0.29) is 12.1 Å². The number of carbonyl (C=O) groups is 1. The number of urea groups is 1. The summed E-state index contributed by atoms with van der Waals surface area (Å²) in [4.78, 5) is 13.6. The quantitative estimate of drug-likeness (QED) is 0.842. The summed E-state index contributed by atoms with van der Waals surface area (Å²) in [6, 6.07) is 7.71. The molecule has 0 aliphatic heterocycles. The van der Waals surface area contributed by atoms with E-state index in [1.54, 1.807) is 11.9 Å². The molecule has 0 saturated carbocycles. The van der Waals surface area contributed by atoms with Crippen LogP contribution in [-0.2, 0) is 6.54 Å². The van der Waals surface area contributed by atoms with Gasteiger partial charge in [-0.05, 0) is 31.0 Å². The number of amides is 2. The fraction of sp³-hybridized carbons (Fsp3) is 0.462. The van der Waals surface area contributed by atoms with E-state index in [0.717, 1.165) is 17.7 Å². The number of nitrogens with two attached hydrogens (primary N) is 1. The highest BCUT2D eigenvalue weighted by Crippen LogP contribution is 2.11. The Morgan fingerprint density at radius 1 is 1.41 bits per heavy atom. The van der Waals surface area contributed by atoms with Gasteiger partial charge in [-0.3, -0.25) is 0 Å². The fourth-order valence-electron chi connectivity index (χ4n) is 1.41. The van der Waals surface area contributed by atoms with Gasteiger partial charge in [-0.15, -0.1) is 0 Å². The van der Waals surface area contributed by atoms with Gasteiger partial charge in [-0.25, -0.2) is 4.79 Å². The first-order valence-electron chi connectivity index (χ1n) is 5.91. The van der Waals surface area contributed by atoms with Crippen molar-refractivity contribution in [2.24, 2.45) is 5.73 Å². The van der Waals surface area contributed by atoms with E-state index in [9.17, 15) is 4.79 Å². The molecule has 3 N–H and O–H groups in total. The van der Waals surface area contributed by atoms with Crippen LogP contribution in [0.5, 0.6) is 0 Å². The van der Waals surface area contributed by atoms with Crippen molar-refractivity contribution in [3.05, 3.63) is 29.8 Å². The van der Waals surface area contributed by atoms with Gasteiger partial charge in [-0.2, -0.15) is 0 Å². The molecule has 4 heteroatoms. The zero-order chi connectivity index (χ0) is 12.8. The van der Waals surface area contributed by atoms with Crippen LogP contribution in [0.2, 0.25) is 0 Å². The normalized spacial score (nSPS) is 12.0. The Bertz CT molecular complexity index is 361. The first kappa shape index (κ1) is 13.5. The first-order valence-corrected chi connectivity index (χ1v) is 5.91. The number of hydrogen-bond acceptors (Lipinski definition) is 2. The van der Waals surface area contributed by atoms with Gasteiger partial charge >= 0.3 is 6.03 Å². The molecule has 1 aromatic carbocycles. The summed E-state index contributed by atoms with van der Waals surface area (Å²) in [5, 5.41) is 2.85. The second-order valence-electron chi connectivity index (χ2n) is 4.20. The van der Waals surface area contributed by atoms with E-state index in [0.29, 0.717) is 6.54 Å². The SMILES string of the molecule is CCC(C)N(C)C(=O)Nc1ccc(CN)cc1. The number of benzene rings is 1. The van der Waals surface area contributed by atoms with Crippen molar-refractivity contribution in [1.82, 2.24) is 4.90 Å². The van der Waals surface area contributed by atoms with Crippen LogP contribution < -0.4 is 11.1 Å². The highest BCUT2D eigenvalue weighted by atomic mass is 16.2. The lowest BCUT2D eigenvalue weighted by Gasteiger charge is -2.24. The molecule has 17 heavy (non-hydrogen) atoms. The number of hydrogen-bond donors (Lipinski definition) is 2. The summed E-state index contributed by atoms with van der Waals surface area (Å²) in [6.07, 6.45) is 0.941. The minimum Gasteiger partial charge on any atom is -0.326 e. The molecule has 1 unspecified atom stereocenters. The van der Waals surface area contributed by atoms with E-state index < -0.39 is 0 Å². The maximum Gasteiger partial charge on any atom is 0.321 e. The highest BCUT2D eigenvalue weighted by molar-refractivity contribution is 5.89. The summed E-state index contributed by atoms with van der Waals surface area (Å²) in [5.74, 6) is 0. The van der Waals surface area contributed by atoms with Crippen LogP contribution in [0.15, 0.2) is 24.3 Å². The predicted octanol–water partition coefficient (Wildman–Crippen LogP) is 2.41. The average Bonchev–Trinajstić information content (AvgIpc) is 2.37. The van der Waals surface area contributed by atoms with Crippen LogP contribution in [0.1, 0.15) is 25.8 Å². The number of nitrogens with zero attached hydrogens (tertiary/aromatic N) is 1. The van der Waals surface area contributed by atoms with Gasteiger partial charge in [-0.1, -0.05) is 19.1 Å². The second kappa shape index (κ2) is 6.25. The van der Waals surface area contributed by atoms with Crippen LogP contribution in [0.25, 0.3) is 0 Å². The van der Waals surface area contributed by atoms with Gasteiger partial charge in [0.25, 0.3) is 0 Å². The zero-order valence-electron chi connectivity index (χ0n) is 10.7. The van der Waals surface area contributed by atoms with Crippen molar-refractivity contribution in [3.8, 4) is 0 Å². The third-order valence-electron chi connectivity index (χ3n) is 3.01. The van der Waals surface area contributed by atoms with Crippen molar-refractivity contribution < 1.29 is 4.79 Å². The topological polar surface area (TPSA) is 58.4 Å². The van der Waals surface area contributed by atoms with Crippen LogP contribution >= 0.6 is 0 Å². The molecular weight excluding hydrogens is 214 g/mol. The molecule has 0 heterocycles. The first-order chi connectivity index (χ1) is 8.08. The number of carbonyl (C=O) groups excluding carboxylic acids is 1. The van der Waals surface area contributed by atoms with Crippen molar-refractivity contribution in [2.75, 3.05) is 12.4 Å². The minimum atomic E-state index is -0.0835. The summed E-state index contributed by atoms with van der Waals surface area (Å²) in [7, 11) is 1.80. The maximum absolute atomic E-state index is 11.9. The number of anilines is 1. The van der Waals surface area contributed by atoms with Gasteiger partial charge < -0.3 is 16.0 Å². The molecule has 1 atom stereocenters. The predicted molar refractivity (Wildman–Crippen MR) is 70.9 cm³/mol. The van der Waals surface area contributed by atoms with Crippen molar-refractivity contribution in [3.63, 3.8) is 0 Å². The Balaban J connectivity index is 2.61. The minimum absolute atomic E-state index is 0.0835. The van der Waals surface area contributed by atoms with Crippen molar-refractivity contribution in [1.29, 1.82) is 0 Å². The third kappa shape index (κ3) is 3.75. The standard InChI is InChI=1S/C13H21N3O/c1-4-10(2)16(3)13(17)15-12-7-5-11(9-14)6-8-12/h5-8,10H,4,9,14H2,1-3H3,(H,15,17). The lowest BCUT2D eigenvalue weighted by Crippen LogP contribution is -2.37. The monoisotopic (exact) mass is 235 g/mol. The molecule has 0 radical (unpaired) electrons. The third-order valence-corrected chi connectivity index (χ3v) is 3.01. The number of nitrogens with one attached hydrogen (secondary N) is 1. The van der Waals surface area contributed by atoms with E-state index >= 15 is 0 Å². The molecule has 0 aliphatic rings. The van der Waals surface area contributed by atoms with Crippen LogP contribution in [0.4, 0.5) is 10.5 Å². The average molecular weight is 235 g/mol. The Morgan fingerprint density at radius 2 is 2.00 bits per heavy atom. The van der Waals surface area contributed by atoms with E-state index in [2.05, 4.69) is 12.2 Å². The number of rotatable bonds is 4. The molecule has 0 bridgehead atoms. The van der Waals surface area contributed by atoms with Gasteiger partial charge in [0.15, 0.2) is 0 Å². The van der Waals surface area contributed by atoms with Gasteiger partial charge in [0.05, 0.1) is 0 Å². The Hall–Kier alpha value is -1.55. The molecular formula is C13H21N3O. The molecule has 0 aromatic heterocycles. The summed E-state index contributed by atoms with van der Waals surface area (Å²) in [6.45, 7) is 4.60. The fourth-order valence-corrected chi connectivity index (χ4v) is 1.41. The van der Waals surface area contributed by atoms with Crippen LogP contribution in [-0.4, -0.2) is 24.0 Å². The largest absolute Gasteiger partial charge is 0.326 e. The smallest absolute Gasteiger partial charge is 0.321 e. The Kier molecular flexibility index (Phi) is 4.97. The lowest BCUT2D eigenvalue weighted by atomic mass is 10.2. The van der Waals surface area contributed by atoms with E-state index in [4.69, 9.17) is 5.73 Å². The van der Waals surface area contributed by atoms with Crippen LogP contribution in [0, 0.1) is 0 Å².